The van der Waals surface area contributed by atoms with Gasteiger partial charge < -0.3 is 26.0 Å². The molecule has 1 saturated heterocycles. The SMILES string of the molecule is CCCN(CCCNC(=O)OC1CCC1)C(=O)C1=Cc2sc(CC3CNC3)cc2N=C(N)C1. The standard InChI is InChI=1S/C24H35N5O3S/c1-2-8-29(9-4-7-27-24(31)32-18-5-3-6-18)23(30)17-11-21-20(28-22(25)12-17)13-19(33-21)10-16-14-26-15-16/h11,13,16,18,26H,2-10,12,14-15H2,1H3,(H2,25,28)(H,27,31). The van der Waals surface area contributed by atoms with Crippen molar-refractivity contribution < 1.29 is 14.3 Å². The Balaban J connectivity index is 1.35. The van der Waals surface area contributed by atoms with E-state index < -0.39 is 0 Å². The molecule has 180 valence electrons. The van der Waals surface area contributed by atoms with E-state index in [0.717, 1.165) is 55.8 Å². The summed E-state index contributed by atoms with van der Waals surface area (Å²) in [5.41, 5.74) is 7.74. The molecule has 3 heterocycles. The number of alkyl carbamates (subject to hydrolysis) is 1. The highest BCUT2D eigenvalue weighted by atomic mass is 32.1. The summed E-state index contributed by atoms with van der Waals surface area (Å²) in [7, 11) is 0. The number of nitrogens with zero attached hydrogens (tertiary/aromatic N) is 2. The summed E-state index contributed by atoms with van der Waals surface area (Å²) in [4.78, 5) is 34.0. The smallest absolute Gasteiger partial charge is 0.407 e. The lowest BCUT2D eigenvalue weighted by atomic mass is 9.96. The van der Waals surface area contributed by atoms with Gasteiger partial charge in [0, 0.05) is 36.5 Å². The molecular weight excluding hydrogens is 438 g/mol. The number of carbonyl (C=O) groups is 2. The van der Waals surface area contributed by atoms with Crippen molar-refractivity contribution in [3.8, 4) is 0 Å². The fraction of sp³-hybridized carbons (Fsp3) is 0.625. The number of nitrogens with two attached hydrogens (primary N) is 1. The van der Waals surface area contributed by atoms with Gasteiger partial charge in [0.15, 0.2) is 0 Å². The lowest BCUT2D eigenvalue weighted by Gasteiger charge is -2.26. The summed E-state index contributed by atoms with van der Waals surface area (Å²) in [6.07, 6.45) is 7.67. The molecule has 3 aliphatic rings. The predicted molar refractivity (Wildman–Crippen MR) is 132 cm³/mol. The monoisotopic (exact) mass is 473 g/mol. The van der Waals surface area contributed by atoms with Crippen molar-refractivity contribution in [3.63, 3.8) is 0 Å². The topological polar surface area (TPSA) is 109 Å². The summed E-state index contributed by atoms with van der Waals surface area (Å²) < 4.78 is 5.31. The summed E-state index contributed by atoms with van der Waals surface area (Å²) in [6.45, 7) is 5.90. The molecule has 4 N–H and O–H groups in total. The van der Waals surface area contributed by atoms with E-state index in [1.54, 1.807) is 11.3 Å². The number of hydrogen-bond acceptors (Lipinski definition) is 7. The van der Waals surface area contributed by atoms with Gasteiger partial charge in [-0.05, 0) is 69.7 Å². The third-order valence-electron chi connectivity index (χ3n) is 6.34. The second-order valence-corrected chi connectivity index (χ2v) is 10.3. The van der Waals surface area contributed by atoms with Crippen molar-refractivity contribution in [1.82, 2.24) is 15.5 Å². The average Bonchev–Trinajstić information content (AvgIpc) is 3.02. The Morgan fingerprint density at radius 1 is 1.33 bits per heavy atom. The number of hydrogen-bond donors (Lipinski definition) is 3. The van der Waals surface area contributed by atoms with Crippen LogP contribution in [-0.2, 0) is 16.0 Å². The van der Waals surface area contributed by atoms with E-state index in [1.807, 2.05) is 11.0 Å². The number of rotatable bonds is 10. The van der Waals surface area contributed by atoms with Crippen molar-refractivity contribution in [1.29, 1.82) is 0 Å². The number of nitrogens with one attached hydrogen (secondary N) is 2. The highest BCUT2D eigenvalue weighted by molar-refractivity contribution is 7.13. The summed E-state index contributed by atoms with van der Waals surface area (Å²) in [6, 6.07) is 2.12. The van der Waals surface area contributed by atoms with Crippen molar-refractivity contribution in [3.05, 3.63) is 21.4 Å². The van der Waals surface area contributed by atoms with Crippen LogP contribution >= 0.6 is 11.3 Å². The zero-order chi connectivity index (χ0) is 23.2. The van der Waals surface area contributed by atoms with Crippen molar-refractivity contribution in [2.45, 2.75) is 58.0 Å². The molecule has 2 fully saturated rings. The molecule has 0 radical (unpaired) electrons. The van der Waals surface area contributed by atoms with Gasteiger partial charge in [0.25, 0.3) is 0 Å². The minimum absolute atomic E-state index is 0.00182. The van der Waals surface area contributed by atoms with Gasteiger partial charge in [-0.3, -0.25) is 4.79 Å². The molecule has 1 aromatic rings. The van der Waals surface area contributed by atoms with Crippen LogP contribution in [0.1, 0.15) is 55.2 Å². The van der Waals surface area contributed by atoms with E-state index in [9.17, 15) is 9.59 Å². The second-order valence-electron chi connectivity index (χ2n) is 9.17. The first-order valence-electron chi connectivity index (χ1n) is 12.1. The summed E-state index contributed by atoms with van der Waals surface area (Å²) in [5.74, 6) is 1.15. The van der Waals surface area contributed by atoms with Gasteiger partial charge in [0.05, 0.1) is 10.6 Å². The van der Waals surface area contributed by atoms with Crippen LogP contribution in [0, 0.1) is 5.92 Å². The number of thiophene rings is 1. The first kappa shape index (κ1) is 23.8. The molecule has 2 aliphatic heterocycles. The number of amides is 2. The molecule has 0 spiro atoms. The Morgan fingerprint density at radius 3 is 2.82 bits per heavy atom. The van der Waals surface area contributed by atoms with Crippen molar-refractivity contribution in [2.75, 3.05) is 32.7 Å². The predicted octanol–water partition coefficient (Wildman–Crippen LogP) is 3.19. The molecular formula is C24H35N5O3S. The Morgan fingerprint density at radius 2 is 2.15 bits per heavy atom. The largest absolute Gasteiger partial charge is 0.446 e. The van der Waals surface area contributed by atoms with E-state index in [1.165, 1.54) is 4.88 Å². The molecule has 0 aromatic carbocycles. The molecule has 33 heavy (non-hydrogen) atoms. The van der Waals surface area contributed by atoms with Gasteiger partial charge in [0.2, 0.25) is 5.91 Å². The fourth-order valence-electron chi connectivity index (χ4n) is 4.18. The molecule has 2 amide bonds. The van der Waals surface area contributed by atoms with Gasteiger partial charge in [-0.1, -0.05) is 6.92 Å². The van der Waals surface area contributed by atoms with E-state index in [2.05, 4.69) is 28.6 Å². The lowest BCUT2D eigenvalue weighted by molar-refractivity contribution is -0.127. The quantitative estimate of drug-likeness (QED) is 0.452. The van der Waals surface area contributed by atoms with Gasteiger partial charge >= 0.3 is 6.09 Å². The number of ether oxygens (including phenoxy) is 1. The average molecular weight is 474 g/mol. The summed E-state index contributed by atoms with van der Waals surface area (Å²) in [5, 5.41) is 6.11. The number of fused-ring (bicyclic) bond motifs is 1. The van der Waals surface area contributed by atoms with E-state index >= 15 is 0 Å². The van der Waals surface area contributed by atoms with E-state index in [0.29, 0.717) is 49.8 Å². The third kappa shape index (κ3) is 6.35. The molecule has 4 rings (SSSR count). The molecule has 1 saturated carbocycles. The van der Waals surface area contributed by atoms with Crippen LogP contribution < -0.4 is 16.4 Å². The zero-order valence-electron chi connectivity index (χ0n) is 19.4. The summed E-state index contributed by atoms with van der Waals surface area (Å²) >= 11 is 1.71. The number of carbonyl (C=O) groups excluding carboxylic acids is 2. The van der Waals surface area contributed by atoms with Gasteiger partial charge in [0.1, 0.15) is 11.9 Å². The van der Waals surface area contributed by atoms with Crippen molar-refractivity contribution in [2.24, 2.45) is 16.6 Å². The maximum atomic E-state index is 13.4. The zero-order valence-corrected chi connectivity index (χ0v) is 20.2. The highest BCUT2D eigenvalue weighted by Gasteiger charge is 2.24. The third-order valence-corrected chi connectivity index (χ3v) is 7.44. The van der Waals surface area contributed by atoms with Crippen LogP contribution in [0.15, 0.2) is 16.6 Å². The maximum Gasteiger partial charge on any atom is 0.407 e. The Hall–Kier alpha value is -2.39. The Bertz CT molecular complexity index is 917. The highest BCUT2D eigenvalue weighted by Crippen LogP contribution is 2.36. The minimum Gasteiger partial charge on any atom is -0.446 e. The molecule has 9 heteroatoms. The van der Waals surface area contributed by atoms with Gasteiger partial charge in [-0.15, -0.1) is 11.3 Å². The van der Waals surface area contributed by atoms with Crippen LogP contribution in [-0.4, -0.2) is 61.6 Å². The van der Waals surface area contributed by atoms with Crippen LogP contribution in [0.25, 0.3) is 6.08 Å². The van der Waals surface area contributed by atoms with Gasteiger partial charge in [-0.25, -0.2) is 9.79 Å². The number of aliphatic imine (C=N–C) groups is 1. The molecule has 0 unspecified atom stereocenters. The van der Waals surface area contributed by atoms with Crippen LogP contribution in [0.5, 0.6) is 0 Å². The molecule has 8 nitrogen and oxygen atoms in total. The van der Waals surface area contributed by atoms with Gasteiger partial charge in [-0.2, -0.15) is 0 Å². The molecule has 0 bridgehead atoms. The maximum absolute atomic E-state index is 13.4. The normalized spacial score (nSPS) is 18.2. The Kier molecular flexibility index (Phi) is 8.03. The lowest BCUT2D eigenvalue weighted by Crippen LogP contribution is -2.42. The second kappa shape index (κ2) is 11.2. The molecule has 0 atom stereocenters. The first-order valence-corrected chi connectivity index (χ1v) is 12.9. The molecule has 1 aromatic heterocycles. The number of amidine groups is 1. The minimum atomic E-state index is -0.359. The van der Waals surface area contributed by atoms with Crippen LogP contribution in [0.3, 0.4) is 0 Å². The van der Waals surface area contributed by atoms with Crippen LogP contribution in [0.4, 0.5) is 10.5 Å². The van der Waals surface area contributed by atoms with Crippen molar-refractivity contribution >= 4 is 40.9 Å². The van der Waals surface area contributed by atoms with E-state index in [4.69, 9.17) is 10.5 Å². The Labute approximate surface area is 199 Å². The molecule has 1 aliphatic carbocycles. The van der Waals surface area contributed by atoms with Crippen LogP contribution in [0.2, 0.25) is 0 Å². The fourth-order valence-corrected chi connectivity index (χ4v) is 5.36. The van der Waals surface area contributed by atoms with E-state index in [-0.39, 0.29) is 18.1 Å². The first-order chi connectivity index (χ1) is 16.0.